The molecule has 0 aliphatic heterocycles. The minimum atomic E-state index is -3.53. The molecule has 0 aliphatic rings. The van der Waals surface area contributed by atoms with Crippen molar-refractivity contribution in [2.45, 2.75) is 5.16 Å². The van der Waals surface area contributed by atoms with E-state index < -0.39 is 15.0 Å². The molecule has 0 radical (unpaired) electrons. The molecule has 1 aromatic rings. The van der Waals surface area contributed by atoms with Crippen LogP contribution in [0.1, 0.15) is 5.69 Å². The molecule has 0 N–H and O–H groups in total. The number of rotatable bonds is 1. The lowest BCUT2D eigenvalue weighted by molar-refractivity contribution is 0.588. The van der Waals surface area contributed by atoms with Crippen LogP contribution in [0.5, 0.6) is 0 Å². The van der Waals surface area contributed by atoms with Crippen LogP contribution in [0.4, 0.5) is 0 Å². The molecule has 0 atom stereocenters. The normalized spacial score (nSPS) is 10.8. The third kappa shape index (κ3) is 2.11. The molecular formula is C5H3ClN4O2S. The van der Waals surface area contributed by atoms with Crippen LogP contribution in [0.25, 0.3) is 0 Å². The Labute approximate surface area is 79.1 Å². The van der Waals surface area contributed by atoms with Crippen molar-refractivity contribution in [3.8, 4) is 6.07 Å². The maximum atomic E-state index is 10.9. The smallest absolute Gasteiger partial charge is 0.221 e. The van der Waals surface area contributed by atoms with Crippen molar-refractivity contribution in [1.29, 1.82) is 5.26 Å². The van der Waals surface area contributed by atoms with Crippen LogP contribution >= 0.6 is 11.6 Å². The van der Waals surface area contributed by atoms with Gasteiger partial charge in [-0.1, -0.05) is 11.6 Å². The topological polar surface area (TPSA) is 96.6 Å². The molecule has 0 amide bonds. The Kier molecular flexibility index (Phi) is 2.45. The first-order valence-corrected chi connectivity index (χ1v) is 5.22. The van der Waals surface area contributed by atoms with E-state index in [9.17, 15) is 8.42 Å². The van der Waals surface area contributed by atoms with Gasteiger partial charge in [-0.15, -0.1) is 10.2 Å². The number of hydrogen-bond donors (Lipinski definition) is 0. The van der Waals surface area contributed by atoms with Gasteiger partial charge in [-0.25, -0.2) is 13.4 Å². The number of nitriles is 1. The lowest BCUT2D eigenvalue weighted by Crippen LogP contribution is -2.07. The van der Waals surface area contributed by atoms with Crippen molar-refractivity contribution in [2.24, 2.45) is 0 Å². The summed E-state index contributed by atoms with van der Waals surface area (Å²) in [6, 6.07) is 1.61. The molecule has 0 saturated heterocycles. The van der Waals surface area contributed by atoms with Gasteiger partial charge < -0.3 is 0 Å². The monoisotopic (exact) mass is 218 g/mol. The van der Waals surface area contributed by atoms with Crippen molar-refractivity contribution in [3.05, 3.63) is 10.8 Å². The number of hydrogen-bond acceptors (Lipinski definition) is 6. The molecule has 0 fully saturated rings. The molecule has 0 unspecified atom stereocenters. The van der Waals surface area contributed by atoms with Crippen LogP contribution in [0.3, 0.4) is 0 Å². The molecule has 0 aromatic carbocycles. The molecular weight excluding hydrogens is 216 g/mol. The molecule has 1 aromatic heterocycles. The Morgan fingerprint density at radius 2 is 2.08 bits per heavy atom. The first kappa shape index (κ1) is 9.83. The van der Waals surface area contributed by atoms with Gasteiger partial charge in [0.25, 0.3) is 5.16 Å². The van der Waals surface area contributed by atoms with Crippen LogP contribution in [0.2, 0.25) is 5.15 Å². The number of halogens is 1. The maximum Gasteiger partial charge on any atom is 0.268 e. The largest absolute Gasteiger partial charge is 0.268 e. The molecule has 0 aliphatic carbocycles. The summed E-state index contributed by atoms with van der Waals surface area (Å²) in [4.78, 5) is 3.40. The highest BCUT2D eigenvalue weighted by atomic mass is 35.5. The zero-order valence-corrected chi connectivity index (χ0v) is 7.96. The van der Waals surface area contributed by atoms with E-state index in [1.54, 1.807) is 6.07 Å². The van der Waals surface area contributed by atoms with E-state index in [-0.39, 0.29) is 10.8 Å². The minimum absolute atomic E-state index is 0.200. The van der Waals surface area contributed by atoms with Gasteiger partial charge in [-0.3, -0.25) is 0 Å². The fraction of sp³-hybridized carbons (Fsp3) is 0.200. The van der Waals surface area contributed by atoms with Crippen molar-refractivity contribution >= 4 is 21.4 Å². The van der Waals surface area contributed by atoms with Crippen molar-refractivity contribution in [1.82, 2.24) is 15.2 Å². The van der Waals surface area contributed by atoms with E-state index in [1.807, 2.05) is 0 Å². The molecule has 1 heterocycles. The standard InChI is InChI=1S/C5H3ClN4O2S/c1-13(11,12)5-8-4(6)3(2-7)9-10-5/h1H3. The van der Waals surface area contributed by atoms with E-state index in [4.69, 9.17) is 16.9 Å². The van der Waals surface area contributed by atoms with Gasteiger partial charge in [-0.2, -0.15) is 5.26 Å². The summed E-state index contributed by atoms with van der Waals surface area (Å²) < 4.78 is 21.8. The molecule has 1 rings (SSSR count). The van der Waals surface area contributed by atoms with Crippen molar-refractivity contribution in [3.63, 3.8) is 0 Å². The zero-order chi connectivity index (χ0) is 10.1. The molecule has 0 spiro atoms. The molecule has 6 nitrogen and oxygen atoms in total. The second-order valence-electron chi connectivity index (χ2n) is 2.12. The summed E-state index contributed by atoms with van der Waals surface area (Å²) in [5.74, 6) is 0. The van der Waals surface area contributed by atoms with E-state index in [0.717, 1.165) is 6.26 Å². The lowest BCUT2D eigenvalue weighted by Gasteiger charge is -1.95. The van der Waals surface area contributed by atoms with Crippen LogP contribution < -0.4 is 0 Å². The van der Waals surface area contributed by atoms with Gasteiger partial charge in [0.1, 0.15) is 6.07 Å². The first-order chi connectivity index (χ1) is 5.95. The Morgan fingerprint density at radius 3 is 2.46 bits per heavy atom. The minimum Gasteiger partial charge on any atom is -0.221 e. The number of sulfone groups is 1. The second-order valence-corrected chi connectivity index (χ2v) is 4.39. The van der Waals surface area contributed by atoms with Crippen LogP contribution in [0.15, 0.2) is 5.16 Å². The third-order valence-electron chi connectivity index (χ3n) is 1.06. The van der Waals surface area contributed by atoms with Crippen molar-refractivity contribution in [2.75, 3.05) is 6.26 Å². The molecule has 0 saturated carbocycles. The Morgan fingerprint density at radius 1 is 1.46 bits per heavy atom. The van der Waals surface area contributed by atoms with Gasteiger partial charge in [-0.05, 0) is 0 Å². The van der Waals surface area contributed by atoms with Gasteiger partial charge in [0.2, 0.25) is 9.84 Å². The molecule has 68 valence electrons. The van der Waals surface area contributed by atoms with Gasteiger partial charge >= 0.3 is 0 Å². The summed E-state index contributed by atoms with van der Waals surface area (Å²) in [6.45, 7) is 0. The van der Waals surface area contributed by atoms with Gasteiger partial charge in [0.05, 0.1) is 0 Å². The second kappa shape index (κ2) is 3.24. The maximum absolute atomic E-state index is 10.9. The fourth-order valence-corrected chi connectivity index (χ4v) is 1.18. The predicted octanol–water partition coefficient (Wildman–Crippen LogP) is -0.200. The highest BCUT2D eigenvalue weighted by molar-refractivity contribution is 7.90. The summed E-state index contributed by atoms with van der Waals surface area (Å²) in [7, 11) is -3.53. The zero-order valence-electron chi connectivity index (χ0n) is 6.39. The Hall–Kier alpha value is -1.26. The summed E-state index contributed by atoms with van der Waals surface area (Å²) in [5, 5.41) is 14.1. The van der Waals surface area contributed by atoms with Gasteiger partial charge in [0, 0.05) is 6.26 Å². The fourth-order valence-electron chi connectivity index (χ4n) is 0.519. The van der Waals surface area contributed by atoms with Gasteiger partial charge in [0.15, 0.2) is 10.8 Å². The predicted molar refractivity (Wildman–Crippen MR) is 42.7 cm³/mol. The first-order valence-electron chi connectivity index (χ1n) is 2.95. The molecule has 13 heavy (non-hydrogen) atoms. The molecule has 8 heteroatoms. The Bertz CT molecular complexity index is 478. The summed E-state index contributed by atoms with van der Waals surface area (Å²) >= 11 is 5.44. The quantitative estimate of drug-likeness (QED) is 0.648. The summed E-state index contributed by atoms with van der Waals surface area (Å²) in [6.07, 6.45) is 0.923. The average Bonchev–Trinajstić information content (AvgIpc) is 2.02. The number of aromatic nitrogens is 3. The SMILES string of the molecule is CS(=O)(=O)c1nnc(C#N)c(Cl)n1. The summed E-state index contributed by atoms with van der Waals surface area (Å²) in [5.41, 5.74) is -0.200. The highest BCUT2D eigenvalue weighted by Crippen LogP contribution is 2.09. The van der Waals surface area contributed by atoms with E-state index in [0.29, 0.717) is 0 Å². The van der Waals surface area contributed by atoms with E-state index in [2.05, 4.69) is 15.2 Å². The van der Waals surface area contributed by atoms with E-state index >= 15 is 0 Å². The molecule has 0 bridgehead atoms. The number of nitrogens with zero attached hydrogens (tertiary/aromatic N) is 4. The van der Waals surface area contributed by atoms with E-state index in [1.165, 1.54) is 0 Å². The van der Waals surface area contributed by atoms with Crippen molar-refractivity contribution < 1.29 is 8.42 Å². The highest BCUT2D eigenvalue weighted by Gasteiger charge is 2.14. The average molecular weight is 219 g/mol. The third-order valence-corrected chi connectivity index (χ3v) is 2.16. The van der Waals surface area contributed by atoms with Crippen LogP contribution in [-0.4, -0.2) is 29.9 Å². The van der Waals surface area contributed by atoms with Crippen LogP contribution in [-0.2, 0) is 9.84 Å². The Balaban J connectivity index is 3.36. The lowest BCUT2D eigenvalue weighted by atomic mass is 10.5. The van der Waals surface area contributed by atoms with Crippen LogP contribution in [0, 0.1) is 11.3 Å².